The van der Waals surface area contributed by atoms with Crippen LogP contribution in [0.15, 0.2) is 47.7 Å². The lowest BCUT2D eigenvalue weighted by atomic mass is 10.1. The number of aryl methyl sites for hydroxylation is 1. The number of aliphatic imine (C=N–C) groups is 1. The first-order chi connectivity index (χ1) is 11.1. The van der Waals surface area contributed by atoms with Crippen LogP contribution in [0, 0.1) is 6.92 Å². The van der Waals surface area contributed by atoms with Crippen LogP contribution in [0.4, 0.5) is 0 Å². The fourth-order valence-electron chi connectivity index (χ4n) is 2.36. The Labute approximate surface area is 143 Å². The minimum atomic E-state index is 0.127. The van der Waals surface area contributed by atoms with E-state index in [4.69, 9.17) is 11.6 Å². The number of benzene rings is 1. The van der Waals surface area contributed by atoms with Crippen molar-refractivity contribution in [3.8, 4) is 0 Å². The Morgan fingerprint density at radius 1 is 1.35 bits per heavy atom. The van der Waals surface area contributed by atoms with Gasteiger partial charge in [-0.25, -0.2) is 0 Å². The van der Waals surface area contributed by atoms with E-state index in [0.29, 0.717) is 0 Å². The second kappa shape index (κ2) is 8.53. The molecule has 0 saturated heterocycles. The zero-order chi connectivity index (χ0) is 16.7. The van der Waals surface area contributed by atoms with Crippen molar-refractivity contribution in [1.82, 2.24) is 15.6 Å². The molecule has 0 saturated carbocycles. The van der Waals surface area contributed by atoms with Crippen LogP contribution >= 0.6 is 11.6 Å². The fourth-order valence-corrected chi connectivity index (χ4v) is 2.56. The molecule has 2 aromatic rings. The van der Waals surface area contributed by atoms with E-state index in [1.54, 1.807) is 7.05 Å². The number of pyridine rings is 1. The maximum absolute atomic E-state index is 6.05. The third kappa shape index (κ3) is 5.25. The molecule has 4 nitrogen and oxygen atoms in total. The molecule has 0 amide bonds. The topological polar surface area (TPSA) is 49.3 Å². The molecule has 1 unspecified atom stereocenters. The Morgan fingerprint density at radius 2 is 2.17 bits per heavy atom. The number of guanidine groups is 1. The predicted octanol–water partition coefficient (Wildman–Crippen LogP) is 3.51. The lowest BCUT2D eigenvalue weighted by molar-refractivity contribution is 0.684. The summed E-state index contributed by atoms with van der Waals surface area (Å²) in [6, 6.07) is 10.0. The molecule has 1 heterocycles. The van der Waals surface area contributed by atoms with Crippen LogP contribution in [0.25, 0.3) is 0 Å². The molecule has 5 heteroatoms. The summed E-state index contributed by atoms with van der Waals surface area (Å²) >= 11 is 6.05. The number of hydrogen-bond donors (Lipinski definition) is 2. The second-order valence-corrected chi connectivity index (χ2v) is 5.91. The van der Waals surface area contributed by atoms with E-state index in [1.807, 2.05) is 30.6 Å². The number of hydrogen-bond acceptors (Lipinski definition) is 2. The normalized spacial score (nSPS) is 12.8. The molecular formula is C18H23ClN4. The molecule has 122 valence electrons. The number of rotatable bonds is 5. The monoisotopic (exact) mass is 330 g/mol. The van der Waals surface area contributed by atoms with Crippen molar-refractivity contribution in [2.45, 2.75) is 26.3 Å². The van der Waals surface area contributed by atoms with Crippen molar-refractivity contribution in [3.05, 3.63) is 64.4 Å². The highest BCUT2D eigenvalue weighted by Gasteiger charge is 2.08. The van der Waals surface area contributed by atoms with Crippen LogP contribution in [0.2, 0.25) is 5.02 Å². The summed E-state index contributed by atoms with van der Waals surface area (Å²) in [4.78, 5) is 8.40. The Kier molecular flexibility index (Phi) is 6.41. The highest BCUT2D eigenvalue weighted by Crippen LogP contribution is 2.17. The van der Waals surface area contributed by atoms with Gasteiger partial charge in [-0.3, -0.25) is 9.98 Å². The van der Waals surface area contributed by atoms with E-state index < -0.39 is 0 Å². The zero-order valence-corrected chi connectivity index (χ0v) is 14.6. The van der Waals surface area contributed by atoms with Crippen molar-refractivity contribution in [2.75, 3.05) is 13.6 Å². The van der Waals surface area contributed by atoms with Gasteiger partial charge in [0.25, 0.3) is 0 Å². The van der Waals surface area contributed by atoms with Crippen molar-refractivity contribution in [1.29, 1.82) is 0 Å². The van der Waals surface area contributed by atoms with Gasteiger partial charge in [0.2, 0.25) is 0 Å². The molecule has 1 atom stereocenters. The van der Waals surface area contributed by atoms with Gasteiger partial charge in [-0.1, -0.05) is 23.7 Å². The van der Waals surface area contributed by atoms with Gasteiger partial charge in [0.1, 0.15) is 0 Å². The molecule has 1 aromatic carbocycles. The molecule has 0 aliphatic rings. The van der Waals surface area contributed by atoms with Crippen LogP contribution in [-0.2, 0) is 6.42 Å². The van der Waals surface area contributed by atoms with E-state index in [9.17, 15) is 0 Å². The third-order valence-electron chi connectivity index (χ3n) is 3.75. The maximum Gasteiger partial charge on any atom is 0.191 e. The van der Waals surface area contributed by atoms with Gasteiger partial charge in [-0.15, -0.1) is 0 Å². The first-order valence-corrected chi connectivity index (χ1v) is 8.10. The summed E-state index contributed by atoms with van der Waals surface area (Å²) < 4.78 is 0. The molecule has 0 aliphatic carbocycles. The van der Waals surface area contributed by atoms with Gasteiger partial charge >= 0.3 is 0 Å². The summed E-state index contributed by atoms with van der Waals surface area (Å²) in [6.45, 7) is 4.98. The van der Waals surface area contributed by atoms with E-state index >= 15 is 0 Å². The lowest BCUT2D eigenvalue weighted by Crippen LogP contribution is -2.39. The van der Waals surface area contributed by atoms with Gasteiger partial charge in [0.05, 0.1) is 6.04 Å². The first-order valence-electron chi connectivity index (χ1n) is 7.72. The van der Waals surface area contributed by atoms with Crippen molar-refractivity contribution < 1.29 is 0 Å². The summed E-state index contributed by atoms with van der Waals surface area (Å²) in [6.07, 6.45) is 4.65. The smallest absolute Gasteiger partial charge is 0.191 e. The fraction of sp³-hybridized carbons (Fsp3) is 0.333. The number of nitrogens with one attached hydrogen (secondary N) is 2. The lowest BCUT2D eigenvalue weighted by Gasteiger charge is -2.18. The van der Waals surface area contributed by atoms with Crippen molar-refractivity contribution >= 4 is 17.6 Å². The van der Waals surface area contributed by atoms with Gasteiger partial charge in [-0.05, 0) is 55.2 Å². The molecule has 2 N–H and O–H groups in total. The molecule has 0 bridgehead atoms. The minimum absolute atomic E-state index is 0.127. The summed E-state index contributed by atoms with van der Waals surface area (Å²) in [5.74, 6) is 0.782. The van der Waals surface area contributed by atoms with E-state index in [2.05, 4.69) is 46.6 Å². The summed E-state index contributed by atoms with van der Waals surface area (Å²) in [5.41, 5.74) is 3.64. The van der Waals surface area contributed by atoms with Crippen LogP contribution in [0.5, 0.6) is 0 Å². The predicted molar refractivity (Wildman–Crippen MR) is 97.0 cm³/mol. The Bertz CT molecular complexity index is 670. The SMILES string of the molecule is CN=C(NCCc1ccncc1C)NC(C)c1cccc(Cl)c1. The van der Waals surface area contributed by atoms with Gasteiger partial charge in [-0.2, -0.15) is 0 Å². The standard InChI is InChI=1S/C18H23ClN4/c1-13-12-21-9-7-15(13)8-10-22-18(20-3)23-14(2)16-5-4-6-17(19)11-16/h4-7,9,11-12,14H,8,10H2,1-3H3,(H2,20,22,23). The molecule has 23 heavy (non-hydrogen) atoms. The van der Waals surface area contributed by atoms with Crippen molar-refractivity contribution in [2.24, 2.45) is 4.99 Å². The molecule has 2 rings (SSSR count). The first kappa shape index (κ1) is 17.3. The molecule has 1 aromatic heterocycles. The highest BCUT2D eigenvalue weighted by molar-refractivity contribution is 6.30. The average molecular weight is 331 g/mol. The number of halogens is 1. The van der Waals surface area contributed by atoms with Gasteiger partial charge in [0, 0.05) is 31.0 Å². The van der Waals surface area contributed by atoms with Crippen LogP contribution in [-0.4, -0.2) is 24.5 Å². The maximum atomic E-state index is 6.05. The Hall–Kier alpha value is -2.07. The zero-order valence-electron chi connectivity index (χ0n) is 13.8. The summed E-state index contributed by atoms with van der Waals surface area (Å²) in [7, 11) is 1.78. The Balaban J connectivity index is 1.87. The Morgan fingerprint density at radius 3 is 2.87 bits per heavy atom. The largest absolute Gasteiger partial charge is 0.356 e. The van der Waals surface area contributed by atoms with Crippen LogP contribution in [0.3, 0.4) is 0 Å². The molecule has 0 fully saturated rings. The van der Waals surface area contributed by atoms with Gasteiger partial charge < -0.3 is 10.6 Å². The summed E-state index contributed by atoms with van der Waals surface area (Å²) in [5, 5.41) is 7.47. The van der Waals surface area contributed by atoms with Crippen molar-refractivity contribution in [3.63, 3.8) is 0 Å². The molecular weight excluding hydrogens is 308 g/mol. The number of aromatic nitrogens is 1. The third-order valence-corrected chi connectivity index (χ3v) is 3.98. The highest BCUT2D eigenvalue weighted by atomic mass is 35.5. The molecule has 0 radical (unpaired) electrons. The molecule has 0 aliphatic heterocycles. The quantitative estimate of drug-likeness (QED) is 0.651. The van der Waals surface area contributed by atoms with Gasteiger partial charge in [0.15, 0.2) is 5.96 Å². The van der Waals surface area contributed by atoms with Crippen LogP contribution < -0.4 is 10.6 Å². The second-order valence-electron chi connectivity index (χ2n) is 5.47. The average Bonchev–Trinajstić information content (AvgIpc) is 2.55. The van der Waals surface area contributed by atoms with Crippen LogP contribution in [0.1, 0.15) is 29.7 Å². The van der Waals surface area contributed by atoms with E-state index in [1.165, 1.54) is 11.1 Å². The minimum Gasteiger partial charge on any atom is -0.356 e. The van der Waals surface area contributed by atoms with E-state index in [0.717, 1.165) is 29.5 Å². The molecule has 0 spiro atoms. The van der Waals surface area contributed by atoms with E-state index in [-0.39, 0.29) is 6.04 Å². The number of nitrogens with zero attached hydrogens (tertiary/aromatic N) is 2.